The highest BCUT2D eigenvalue weighted by molar-refractivity contribution is 5.86. The second kappa shape index (κ2) is 8.11. The zero-order valence-corrected chi connectivity index (χ0v) is 14.7. The number of hydrogen-bond acceptors (Lipinski definition) is 4. The van der Waals surface area contributed by atoms with Gasteiger partial charge in [-0.3, -0.25) is 9.59 Å². The van der Waals surface area contributed by atoms with E-state index in [0.29, 0.717) is 6.54 Å². The summed E-state index contributed by atoms with van der Waals surface area (Å²) in [6.45, 7) is 9.40. The molecule has 5 nitrogen and oxygen atoms in total. The molecular weight excluding hydrogens is 292 g/mol. The summed E-state index contributed by atoms with van der Waals surface area (Å²) in [5, 5.41) is 0. The molecule has 1 aromatic carbocycles. The Morgan fingerprint density at radius 2 is 1.74 bits per heavy atom. The summed E-state index contributed by atoms with van der Waals surface area (Å²) in [6, 6.07) is 8.89. The van der Waals surface area contributed by atoms with E-state index in [0.717, 1.165) is 5.56 Å². The average molecular weight is 320 g/mol. The highest BCUT2D eigenvalue weighted by atomic mass is 16.6. The van der Waals surface area contributed by atoms with Gasteiger partial charge < -0.3 is 15.4 Å². The van der Waals surface area contributed by atoms with Crippen LogP contribution in [-0.2, 0) is 20.9 Å². The molecule has 5 heteroatoms. The van der Waals surface area contributed by atoms with Crippen LogP contribution < -0.4 is 5.73 Å². The largest absolute Gasteiger partial charge is 0.459 e. The van der Waals surface area contributed by atoms with Gasteiger partial charge in [0.1, 0.15) is 12.1 Å². The number of benzene rings is 1. The van der Waals surface area contributed by atoms with Crippen LogP contribution in [0.5, 0.6) is 0 Å². The standard InChI is InChI=1S/C18H28N2O3/c1-13(2)16(19)17(22)20(11-14-9-7-6-8-10-14)12-15(21)23-18(3,4)5/h6-10,13,16H,11-12,19H2,1-5H3. The number of hydrogen-bond donors (Lipinski definition) is 1. The molecule has 0 saturated carbocycles. The van der Waals surface area contributed by atoms with Crippen LogP contribution in [0.2, 0.25) is 0 Å². The molecule has 0 heterocycles. The summed E-state index contributed by atoms with van der Waals surface area (Å²) in [6.07, 6.45) is 0. The Bertz CT molecular complexity index is 521. The number of ether oxygens (including phenoxy) is 1. The molecule has 0 aliphatic rings. The first kappa shape index (κ1) is 19.2. The van der Waals surface area contributed by atoms with E-state index in [-0.39, 0.29) is 18.4 Å². The molecule has 0 aliphatic carbocycles. The summed E-state index contributed by atoms with van der Waals surface area (Å²) in [5.41, 5.74) is 6.33. The van der Waals surface area contributed by atoms with Gasteiger partial charge in [-0.25, -0.2) is 0 Å². The fourth-order valence-electron chi connectivity index (χ4n) is 2.04. The van der Waals surface area contributed by atoms with Crippen LogP contribution in [0.3, 0.4) is 0 Å². The number of rotatable bonds is 6. The molecule has 1 amide bonds. The predicted octanol–water partition coefficient (Wildman–Crippen LogP) is 2.34. The lowest BCUT2D eigenvalue weighted by Crippen LogP contribution is -2.48. The molecule has 0 fully saturated rings. The van der Waals surface area contributed by atoms with Crippen molar-refractivity contribution in [3.63, 3.8) is 0 Å². The number of nitrogens with zero attached hydrogens (tertiary/aromatic N) is 1. The van der Waals surface area contributed by atoms with Gasteiger partial charge in [0, 0.05) is 6.54 Å². The van der Waals surface area contributed by atoms with Gasteiger partial charge in [0.2, 0.25) is 5.91 Å². The molecule has 0 radical (unpaired) electrons. The van der Waals surface area contributed by atoms with E-state index in [1.807, 2.05) is 44.2 Å². The maximum Gasteiger partial charge on any atom is 0.326 e. The molecule has 1 unspecified atom stereocenters. The predicted molar refractivity (Wildman–Crippen MR) is 90.5 cm³/mol. The summed E-state index contributed by atoms with van der Waals surface area (Å²) >= 11 is 0. The molecule has 2 N–H and O–H groups in total. The fraction of sp³-hybridized carbons (Fsp3) is 0.556. The van der Waals surface area contributed by atoms with Crippen molar-refractivity contribution in [3.05, 3.63) is 35.9 Å². The highest BCUT2D eigenvalue weighted by Crippen LogP contribution is 2.12. The summed E-state index contributed by atoms with van der Waals surface area (Å²) < 4.78 is 5.32. The van der Waals surface area contributed by atoms with Crippen LogP contribution in [0.15, 0.2) is 30.3 Å². The molecule has 0 aromatic heterocycles. The molecule has 23 heavy (non-hydrogen) atoms. The van der Waals surface area contributed by atoms with Crippen LogP contribution in [0.25, 0.3) is 0 Å². The average Bonchev–Trinajstić information content (AvgIpc) is 2.44. The molecule has 128 valence electrons. The minimum atomic E-state index is -0.638. The molecule has 0 saturated heterocycles. The first-order chi connectivity index (χ1) is 10.6. The molecule has 1 atom stereocenters. The Balaban J connectivity index is 2.88. The molecular formula is C18H28N2O3. The van der Waals surface area contributed by atoms with Gasteiger partial charge in [0.15, 0.2) is 0 Å². The van der Waals surface area contributed by atoms with Crippen molar-refractivity contribution in [2.24, 2.45) is 11.7 Å². The second-order valence-electron chi connectivity index (χ2n) is 7.04. The third-order valence-electron chi connectivity index (χ3n) is 3.27. The Morgan fingerprint density at radius 1 is 1.17 bits per heavy atom. The second-order valence-corrected chi connectivity index (χ2v) is 7.04. The lowest BCUT2D eigenvalue weighted by Gasteiger charge is -2.28. The van der Waals surface area contributed by atoms with Crippen molar-refractivity contribution in [3.8, 4) is 0 Å². The van der Waals surface area contributed by atoms with E-state index >= 15 is 0 Å². The minimum absolute atomic E-state index is 0.000546. The molecule has 1 aromatic rings. The topological polar surface area (TPSA) is 72.6 Å². The Morgan fingerprint density at radius 3 is 2.22 bits per heavy atom. The van der Waals surface area contributed by atoms with Crippen molar-refractivity contribution in [2.75, 3.05) is 6.54 Å². The SMILES string of the molecule is CC(C)C(N)C(=O)N(CC(=O)OC(C)(C)C)Cc1ccccc1. The van der Waals surface area contributed by atoms with Gasteiger partial charge in [-0.05, 0) is 32.3 Å². The van der Waals surface area contributed by atoms with E-state index in [1.54, 1.807) is 20.8 Å². The minimum Gasteiger partial charge on any atom is -0.459 e. The number of nitrogens with two attached hydrogens (primary N) is 1. The third kappa shape index (κ3) is 6.82. The monoisotopic (exact) mass is 320 g/mol. The molecule has 0 aliphatic heterocycles. The van der Waals surface area contributed by atoms with Crippen molar-refractivity contribution in [1.82, 2.24) is 4.90 Å². The van der Waals surface area contributed by atoms with Crippen LogP contribution in [0.4, 0.5) is 0 Å². The van der Waals surface area contributed by atoms with Crippen molar-refractivity contribution in [2.45, 2.75) is 52.8 Å². The highest BCUT2D eigenvalue weighted by Gasteiger charge is 2.27. The Labute approximate surface area is 138 Å². The number of carbonyl (C=O) groups excluding carboxylic acids is 2. The van der Waals surface area contributed by atoms with Crippen molar-refractivity contribution >= 4 is 11.9 Å². The van der Waals surface area contributed by atoms with Gasteiger partial charge in [-0.1, -0.05) is 44.2 Å². The van der Waals surface area contributed by atoms with Gasteiger partial charge >= 0.3 is 5.97 Å². The lowest BCUT2D eigenvalue weighted by molar-refractivity contribution is -0.159. The molecule has 0 bridgehead atoms. The lowest BCUT2D eigenvalue weighted by atomic mass is 10.0. The maximum absolute atomic E-state index is 12.6. The number of amides is 1. The maximum atomic E-state index is 12.6. The van der Waals surface area contributed by atoms with Crippen LogP contribution in [-0.4, -0.2) is 35.0 Å². The zero-order valence-electron chi connectivity index (χ0n) is 14.7. The van der Waals surface area contributed by atoms with Crippen molar-refractivity contribution in [1.29, 1.82) is 0 Å². The van der Waals surface area contributed by atoms with Crippen LogP contribution >= 0.6 is 0 Å². The first-order valence-electron chi connectivity index (χ1n) is 7.90. The van der Waals surface area contributed by atoms with E-state index in [1.165, 1.54) is 4.90 Å². The first-order valence-corrected chi connectivity index (χ1v) is 7.90. The fourth-order valence-corrected chi connectivity index (χ4v) is 2.04. The van der Waals surface area contributed by atoms with Crippen LogP contribution in [0.1, 0.15) is 40.2 Å². The van der Waals surface area contributed by atoms with Gasteiger partial charge in [-0.15, -0.1) is 0 Å². The third-order valence-corrected chi connectivity index (χ3v) is 3.27. The smallest absolute Gasteiger partial charge is 0.326 e. The molecule has 1 rings (SSSR count). The Kier molecular flexibility index (Phi) is 6.76. The van der Waals surface area contributed by atoms with E-state index in [2.05, 4.69) is 0 Å². The van der Waals surface area contributed by atoms with Crippen LogP contribution in [0, 0.1) is 5.92 Å². The quantitative estimate of drug-likeness (QED) is 0.817. The zero-order chi connectivity index (χ0) is 17.6. The van der Waals surface area contributed by atoms with E-state index in [9.17, 15) is 9.59 Å². The summed E-state index contributed by atoms with van der Waals surface area (Å²) in [7, 11) is 0. The van der Waals surface area contributed by atoms with E-state index < -0.39 is 17.6 Å². The summed E-state index contributed by atoms with van der Waals surface area (Å²) in [4.78, 5) is 26.1. The number of carbonyl (C=O) groups is 2. The Hall–Kier alpha value is -1.88. The van der Waals surface area contributed by atoms with E-state index in [4.69, 9.17) is 10.5 Å². The number of esters is 1. The van der Waals surface area contributed by atoms with Gasteiger partial charge in [0.25, 0.3) is 0 Å². The van der Waals surface area contributed by atoms with Gasteiger partial charge in [0.05, 0.1) is 6.04 Å². The normalized spacial score (nSPS) is 12.8. The molecule has 0 spiro atoms. The summed E-state index contributed by atoms with van der Waals surface area (Å²) in [5.74, 6) is -0.674. The van der Waals surface area contributed by atoms with Crippen molar-refractivity contribution < 1.29 is 14.3 Å². The van der Waals surface area contributed by atoms with Gasteiger partial charge in [-0.2, -0.15) is 0 Å².